The van der Waals surface area contributed by atoms with Gasteiger partial charge in [-0.25, -0.2) is 0 Å². The minimum Gasteiger partial charge on any atom is -0.335 e. The molecule has 0 aliphatic carbocycles. The van der Waals surface area contributed by atoms with Gasteiger partial charge in [0, 0.05) is 13.1 Å². The van der Waals surface area contributed by atoms with Crippen molar-refractivity contribution in [3.05, 3.63) is 0 Å². The van der Waals surface area contributed by atoms with Crippen LogP contribution in [-0.4, -0.2) is 64.3 Å². The van der Waals surface area contributed by atoms with Crippen LogP contribution in [-0.2, 0) is 0 Å². The fraction of sp³-hybridized carbons (Fsp3) is 1.00. The van der Waals surface area contributed by atoms with Crippen molar-refractivity contribution < 1.29 is 9.80 Å². The van der Waals surface area contributed by atoms with Gasteiger partial charge in [-0.05, 0) is 51.5 Å². The molecule has 2 aliphatic heterocycles. The van der Waals surface area contributed by atoms with Crippen LogP contribution in [0.5, 0.6) is 0 Å². The molecule has 0 amide bonds. The van der Waals surface area contributed by atoms with E-state index in [-0.39, 0.29) is 0 Å². The van der Waals surface area contributed by atoms with E-state index in [9.17, 15) is 0 Å². The van der Waals surface area contributed by atoms with Crippen LogP contribution in [0.15, 0.2) is 0 Å². The fourth-order valence-electron chi connectivity index (χ4n) is 5.59. The van der Waals surface area contributed by atoms with Crippen LogP contribution in [0.25, 0.3) is 0 Å². The van der Waals surface area contributed by atoms with E-state index in [4.69, 9.17) is 0 Å². The molecule has 0 bridgehead atoms. The summed E-state index contributed by atoms with van der Waals surface area (Å²) in [5.41, 5.74) is 0. The summed E-state index contributed by atoms with van der Waals surface area (Å²) in [6.45, 7) is 18.0. The number of unbranched alkanes of at least 4 members (excludes halogenated alkanes) is 12. The van der Waals surface area contributed by atoms with Crippen molar-refractivity contribution in [1.29, 1.82) is 0 Å². The lowest BCUT2D eigenvalue weighted by Crippen LogP contribution is -3.14. The molecule has 0 atom stereocenters. The standard InChI is InChI=1S/C15H32N2.C15H31N/c1-3-4-5-6-7-8-9-10-11-17-14-12-16(2)13-15-17;1-3-5-6-7-8-9-12-16-13-10-15(4-2)11-14-16/h3-15H2,1-2H3;15H,3-14H2,1-2H3/p+2. The molecule has 33 heavy (non-hydrogen) atoms. The van der Waals surface area contributed by atoms with Gasteiger partial charge in [-0.2, -0.15) is 0 Å². The van der Waals surface area contributed by atoms with Crippen LogP contribution >= 0.6 is 0 Å². The summed E-state index contributed by atoms with van der Waals surface area (Å²) in [6, 6.07) is 0. The van der Waals surface area contributed by atoms with Crippen molar-refractivity contribution in [2.24, 2.45) is 5.92 Å². The Bertz CT molecular complexity index is 384. The molecule has 0 aromatic heterocycles. The highest BCUT2D eigenvalue weighted by Crippen LogP contribution is 2.13. The third-order valence-corrected chi connectivity index (χ3v) is 8.35. The number of nitrogens with one attached hydrogen (secondary N) is 2. The first-order chi connectivity index (χ1) is 16.2. The molecule has 2 aliphatic rings. The van der Waals surface area contributed by atoms with Gasteiger partial charge in [0.2, 0.25) is 0 Å². The normalized spacial score (nSPS) is 22.2. The molecule has 0 aromatic carbocycles. The van der Waals surface area contributed by atoms with Crippen LogP contribution in [0.2, 0.25) is 0 Å². The van der Waals surface area contributed by atoms with Gasteiger partial charge < -0.3 is 9.80 Å². The summed E-state index contributed by atoms with van der Waals surface area (Å²) < 4.78 is 0. The zero-order valence-corrected chi connectivity index (χ0v) is 23.7. The van der Waals surface area contributed by atoms with Gasteiger partial charge >= 0.3 is 0 Å². The molecule has 0 saturated carbocycles. The number of likely N-dealkylation sites (tertiary alicyclic amines) is 1. The lowest BCUT2D eigenvalue weighted by molar-refractivity contribution is -0.906. The zero-order valence-electron chi connectivity index (χ0n) is 23.7. The number of hydrogen-bond donors (Lipinski definition) is 2. The summed E-state index contributed by atoms with van der Waals surface area (Å²) >= 11 is 0. The summed E-state index contributed by atoms with van der Waals surface area (Å²) in [5.74, 6) is 1.05. The van der Waals surface area contributed by atoms with Crippen molar-refractivity contribution in [2.45, 2.75) is 130 Å². The molecule has 0 radical (unpaired) electrons. The monoisotopic (exact) mass is 468 g/mol. The van der Waals surface area contributed by atoms with Crippen molar-refractivity contribution in [1.82, 2.24) is 4.90 Å². The first-order valence-electron chi connectivity index (χ1n) is 15.5. The quantitative estimate of drug-likeness (QED) is 0.287. The second-order valence-corrected chi connectivity index (χ2v) is 11.4. The Morgan fingerprint density at radius 2 is 0.939 bits per heavy atom. The van der Waals surface area contributed by atoms with Crippen LogP contribution in [0, 0.1) is 5.92 Å². The number of hydrogen-bond acceptors (Lipinski definition) is 1. The minimum absolute atomic E-state index is 1.05. The molecule has 3 heteroatoms. The van der Waals surface area contributed by atoms with Gasteiger partial charge in [0.15, 0.2) is 0 Å². The van der Waals surface area contributed by atoms with Crippen LogP contribution in [0.3, 0.4) is 0 Å². The van der Waals surface area contributed by atoms with Gasteiger partial charge in [-0.15, -0.1) is 0 Å². The maximum absolute atomic E-state index is 2.46. The number of nitrogens with zero attached hydrogens (tertiary/aromatic N) is 1. The van der Waals surface area contributed by atoms with E-state index in [1.54, 1.807) is 0 Å². The lowest BCUT2D eigenvalue weighted by atomic mass is 9.94. The highest BCUT2D eigenvalue weighted by molar-refractivity contribution is 4.60. The number of likely N-dealkylation sites (N-methyl/N-ethyl adjacent to an activating group) is 1. The summed E-state index contributed by atoms with van der Waals surface area (Å²) in [5, 5.41) is 0. The molecular formula is C30H65N3+2. The maximum atomic E-state index is 2.46. The Balaban J connectivity index is 0.000000331. The van der Waals surface area contributed by atoms with E-state index < -0.39 is 0 Å². The van der Waals surface area contributed by atoms with Gasteiger partial charge in [-0.1, -0.05) is 91.4 Å². The number of piperidine rings is 1. The second kappa shape index (κ2) is 22.4. The van der Waals surface area contributed by atoms with Crippen molar-refractivity contribution in [3.8, 4) is 0 Å². The number of quaternary nitrogens is 2. The third kappa shape index (κ3) is 17.9. The topological polar surface area (TPSA) is 12.1 Å². The van der Waals surface area contributed by atoms with E-state index in [2.05, 4.69) is 32.7 Å². The van der Waals surface area contributed by atoms with Gasteiger partial charge in [0.05, 0.1) is 39.3 Å². The smallest absolute Gasteiger partial charge is 0.0900 e. The van der Waals surface area contributed by atoms with Crippen LogP contribution in [0.1, 0.15) is 130 Å². The SMILES string of the molecule is CCCCCCCCCC[NH+]1CCN(C)CC1.CCCCCCCC[NH+]1CCC(CC)CC1. The average molecular weight is 468 g/mol. The van der Waals surface area contributed by atoms with Gasteiger partial charge in [-0.3, -0.25) is 4.90 Å². The van der Waals surface area contributed by atoms with E-state index in [0.717, 1.165) is 5.92 Å². The van der Waals surface area contributed by atoms with Crippen molar-refractivity contribution in [3.63, 3.8) is 0 Å². The number of rotatable bonds is 17. The predicted octanol–water partition coefficient (Wildman–Crippen LogP) is 5.01. The average Bonchev–Trinajstić information content (AvgIpc) is 2.85. The molecule has 0 spiro atoms. The molecular weight excluding hydrogens is 402 g/mol. The van der Waals surface area contributed by atoms with E-state index in [0.29, 0.717) is 0 Å². The molecule has 198 valence electrons. The summed E-state index contributed by atoms with van der Waals surface area (Å²) in [7, 11) is 2.24. The molecule has 2 rings (SSSR count). The van der Waals surface area contributed by atoms with Crippen LogP contribution < -0.4 is 9.80 Å². The molecule has 0 aromatic rings. The summed E-state index contributed by atoms with van der Waals surface area (Å²) in [4.78, 5) is 6.19. The van der Waals surface area contributed by atoms with Gasteiger partial charge in [0.1, 0.15) is 0 Å². The molecule has 0 unspecified atom stereocenters. The van der Waals surface area contributed by atoms with E-state index in [1.807, 2.05) is 9.80 Å². The van der Waals surface area contributed by atoms with Crippen LogP contribution in [0.4, 0.5) is 0 Å². The molecule has 2 saturated heterocycles. The van der Waals surface area contributed by atoms with Crippen molar-refractivity contribution in [2.75, 3.05) is 59.4 Å². The first-order valence-corrected chi connectivity index (χ1v) is 15.5. The third-order valence-electron chi connectivity index (χ3n) is 8.35. The Morgan fingerprint density at radius 1 is 0.545 bits per heavy atom. The molecule has 2 fully saturated rings. The Kier molecular flexibility index (Phi) is 20.9. The summed E-state index contributed by atoms with van der Waals surface area (Å²) in [6.07, 6.45) is 24.7. The fourth-order valence-corrected chi connectivity index (χ4v) is 5.59. The van der Waals surface area contributed by atoms with E-state index >= 15 is 0 Å². The molecule has 3 nitrogen and oxygen atoms in total. The largest absolute Gasteiger partial charge is 0.335 e. The zero-order chi connectivity index (χ0) is 24.0. The maximum Gasteiger partial charge on any atom is 0.0900 e. The van der Waals surface area contributed by atoms with E-state index in [1.165, 1.54) is 162 Å². The number of piperazine rings is 1. The highest BCUT2D eigenvalue weighted by atomic mass is 15.2. The van der Waals surface area contributed by atoms with Gasteiger partial charge in [0.25, 0.3) is 0 Å². The lowest BCUT2D eigenvalue weighted by Gasteiger charge is -2.29. The Labute approximate surface area is 210 Å². The Morgan fingerprint density at radius 3 is 1.36 bits per heavy atom. The molecule has 2 heterocycles. The Hall–Kier alpha value is -0.120. The predicted molar refractivity (Wildman–Crippen MR) is 148 cm³/mol. The first kappa shape index (κ1) is 30.9. The highest BCUT2D eigenvalue weighted by Gasteiger charge is 2.20. The molecule has 2 N–H and O–H groups in total. The minimum atomic E-state index is 1.05. The second-order valence-electron chi connectivity index (χ2n) is 11.4. The van der Waals surface area contributed by atoms with Crippen molar-refractivity contribution >= 4 is 0 Å².